The second-order valence-electron chi connectivity index (χ2n) is 4.70. The number of nitrogens with two attached hydrogens (primary N) is 1. The van der Waals surface area contributed by atoms with E-state index in [4.69, 9.17) is 18.0 Å². The van der Waals surface area contributed by atoms with Crippen molar-refractivity contribution < 1.29 is 8.78 Å². The molecule has 2 rings (SSSR count). The van der Waals surface area contributed by atoms with Gasteiger partial charge in [0.1, 0.15) is 16.6 Å². The largest absolute Gasteiger partial charge is 0.389 e. The fourth-order valence-electron chi connectivity index (χ4n) is 2.14. The highest BCUT2D eigenvalue weighted by Gasteiger charge is 2.09. The number of halogens is 2. The molecule has 0 spiro atoms. The second-order valence-corrected chi connectivity index (χ2v) is 5.14. The molecule has 0 amide bonds. The highest BCUT2D eigenvalue weighted by molar-refractivity contribution is 7.80. The molecule has 2 N–H and O–H groups in total. The number of benzene rings is 2. The summed E-state index contributed by atoms with van der Waals surface area (Å²) in [5, 5.41) is 0. The van der Waals surface area contributed by atoms with Crippen LogP contribution in [-0.4, -0.2) is 11.5 Å². The average molecular weight is 306 g/mol. The van der Waals surface area contributed by atoms with Crippen LogP contribution >= 0.6 is 12.2 Å². The first-order valence-electron chi connectivity index (χ1n) is 6.59. The highest BCUT2D eigenvalue weighted by Crippen LogP contribution is 2.19. The Balaban J connectivity index is 2.26. The number of hydrogen-bond donors (Lipinski definition) is 1. The molecular weight excluding hydrogens is 290 g/mol. The van der Waals surface area contributed by atoms with Crippen molar-refractivity contribution in [1.29, 1.82) is 0 Å². The van der Waals surface area contributed by atoms with E-state index >= 15 is 0 Å². The summed E-state index contributed by atoms with van der Waals surface area (Å²) in [6, 6.07) is 10.8. The number of rotatable bonds is 5. The minimum Gasteiger partial charge on any atom is -0.389 e. The Morgan fingerprint density at radius 3 is 2.33 bits per heavy atom. The van der Waals surface area contributed by atoms with Crippen LogP contribution in [0.3, 0.4) is 0 Å². The van der Waals surface area contributed by atoms with Crippen LogP contribution in [0.15, 0.2) is 42.5 Å². The molecule has 5 heteroatoms. The quantitative estimate of drug-likeness (QED) is 0.855. The van der Waals surface area contributed by atoms with Crippen molar-refractivity contribution in [2.24, 2.45) is 5.73 Å². The maximum atomic E-state index is 13.6. The molecule has 110 valence electrons. The van der Waals surface area contributed by atoms with Crippen LogP contribution in [0, 0.1) is 11.6 Å². The van der Waals surface area contributed by atoms with E-state index in [9.17, 15) is 8.78 Å². The fraction of sp³-hybridized carbons (Fsp3) is 0.188. The smallest absolute Gasteiger partial charge is 0.124 e. The molecule has 0 heterocycles. The molecule has 2 nitrogen and oxygen atoms in total. The van der Waals surface area contributed by atoms with Crippen LogP contribution in [0.1, 0.15) is 18.1 Å². The molecule has 0 aromatic heterocycles. The van der Waals surface area contributed by atoms with Gasteiger partial charge in [-0.1, -0.05) is 12.2 Å². The van der Waals surface area contributed by atoms with Gasteiger partial charge in [-0.15, -0.1) is 0 Å². The fourth-order valence-corrected chi connectivity index (χ4v) is 2.26. The summed E-state index contributed by atoms with van der Waals surface area (Å²) in [7, 11) is 0. The monoisotopic (exact) mass is 306 g/mol. The van der Waals surface area contributed by atoms with Crippen molar-refractivity contribution in [2.75, 3.05) is 11.4 Å². The summed E-state index contributed by atoms with van der Waals surface area (Å²) < 4.78 is 26.6. The Hall–Kier alpha value is -2.01. The van der Waals surface area contributed by atoms with Gasteiger partial charge in [0.2, 0.25) is 0 Å². The summed E-state index contributed by atoms with van der Waals surface area (Å²) in [4.78, 5) is 2.18. The zero-order valence-electron chi connectivity index (χ0n) is 11.6. The predicted octanol–water partition coefficient (Wildman–Crippen LogP) is 3.63. The third-order valence-electron chi connectivity index (χ3n) is 3.19. The lowest BCUT2D eigenvalue weighted by molar-refractivity contribution is 0.624. The van der Waals surface area contributed by atoms with Gasteiger partial charge in [0, 0.05) is 24.3 Å². The average Bonchev–Trinajstić information content (AvgIpc) is 2.45. The minimum atomic E-state index is -0.370. The van der Waals surface area contributed by atoms with Crippen LogP contribution in [0.2, 0.25) is 0 Å². The molecular formula is C16H16F2N2S. The molecule has 0 saturated carbocycles. The Kier molecular flexibility index (Phi) is 4.85. The van der Waals surface area contributed by atoms with Crippen LogP contribution in [0.5, 0.6) is 0 Å². The third kappa shape index (κ3) is 3.98. The lowest BCUT2D eigenvalue weighted by Crippen LogP contribution is -2.22. The summed E-state index contributed by atoms with van der Waals surface area (Å²) in [6.45, 7) is 3.19. The van der Waals surface area contributed by atoms with Gasteiger partial charge in [-0.2, -0.15) is 0 Å². The van der Waals surface area contributed by atoms with E-state index in [-0.39, 0.29) is 16.6 Å². The molecule has 0 unspecified atom stereocenters. The number of anilines is 1. The lowest BCUT2D eigenvalue weighted by Gasteiger charge is -2.23. The van der Waals surface area contributed by atoms with Crippen molar-refractivity contribution in [3.8, 4) is 0 Å². The maximum Gasteiger partial charge on any atom is 0.124 e. The van der Waals surface area contributed by atoms with Crippen molar-refractivity contribution in [3.63, 3.8) is 0 Å². The Morgan fingerprint density at radius 1 is 1.10 bits per heavy atom. The minimum absolute atomic E-state index is 0.167. The van der Waals surface area contributed by atoms with Gasteiger partial charge >= 0.3 is 0 Å². The predicted molar refractivity (Wildman–Crippen MR) is 85.4 cm³/mol. The summed E-state index contributed by atoms with van der Waals surface area (Å²) in [5.74, 6) is -0.651. The lowest BCUT2D eigenvalue weighted by atomic mass is 10.1. The van der Waals surface area contributed by atoms with Crippen LogP contribution in [-0.2, 0) is 6.54 Å². The van der Waals surface area contributed by atoms with Crippen molar-refractivity contribution in [3.05, 3.63) is 65.2 Å². The summed E-state index contributed by atoms with van der Waals surface area (Å²) >= 11 is 4.89. The Morgan fingerprint density at radius 2 is 1.76 bits per heavy atom. The normalized spacial score (nSPS) is 10.4. The third-order valence-corrected chi connectivity index (χ3v) is 3.42. The van der Waals surface area contributed by atoms with E-state index in [0.717, 1.165) is 11.3 Å². The molecule has 2 aromatic carbocycles. The van der Waals surface area contributed by atoms with E-state index in [1.807, 2.05) is 11.8 Å². The number of thiocarbonyl (C=S) groups is 1. The topological polar surface area (TPSA) is 29.3 Å². The van der Waals surface area contributed by atoms with Crippen LogP contribution in [0.4, 0.5) is 14.5 Å². The van der Waals surface area contributed by atoms with Gasteiger partial charge in [0.25, 0.3) is 0 Å². The van der Waals surface area contributed by atoms with Gasteiger partial charge in [-0.05, 0) is 55.0 Å². The standard InChI is InChI=1S/C16H16F2N2S/c1-2-20(15-5-3-13(17)4-6-15)10-11-7-12(16(19)21)9-14(18)8-11/h3-9H,2,10H2,1H3,(H2,19,21). The summed E-state index contributed by atoms with van der Waals surface area (Å²) in [6.07, 6.45) is 0. The first kappa shape index (κ1) is 15.4. The SMILES string of the molecule is CCN(Cc1cc(F)cc(C(N)=S)c1)c1ccc(F)cc1. The molecule has 0 aliphatic rings. The Bertz CT molecular complexity index is 641. The number of nitrogens with zero attached hydrogens (tertiary/aromatic N) is 1. The van der Waals surface area contributed by atoms with E-state index in [1.54, 1.807) is 18.2 Å². The molecule has 0 radical (unpaired) electrons. The van der Waals surface area contributed by atoms with E-state index in [2.05, 4.69) is 0 Å². The number of hydrogen-bond acceptors (Lipinski definition) is 2. The molecule has 2 aromatic rings. The van der Waals surface area contributed by atoms with Gasteiger partial charge in [-0.25, -0.2) is 8.78 Å². The van der Waals surface area contributed by atoms with Gasteiger partial charge < -0.3 is 10.6 Å². The molecule has 0 atom stereocenters. The van der Waals surface area contributed by atoms with Crippen molar-refractivity contribution in [2.45, 2.75) is 13.5 Å². The molecule has 0 aliphatic heterocycles. The molecule has 0 saturated heterocycles. The van der Waals surface area contributed by atoms with Crippen molar-refractivity contribution >= 4 is 22.9 Å². The van der Waals surface area contributed by atoms with Gasteiger partial charge in [0.05, 0.1) is 0 Å². The van der Waals surface area contributed by atoms with Crippen LogP contribution < -0.4 is 10.6 Å². The molecule has 21 heavy (non-hydrogen) atoms. The molecule has 0 bridgehead atoms. The van der Waals surface area contributed by atoms with E-state index < -0.39 is 0 Å². The maximum absolute atomic E-state index is 13.6. The zero-order valence-corrected chi connectivity index (χ0v) is 12.5. The van der Waals surface area contributed by atoms with E-state index in [1.165, 1.54) is 24.3 Å². The summed E-state index contributed by atoms with van der Waals surface area (Å²) in [5.41, 5.74) is 7.70. The van der Waals surface area contributed by atoms with Crippen LogP contribution in [0.25, 0.3) is 0 Å². The molecule has 0 aliphatic carbocycles. The zero-order chi connectivity index (χ0) is 15.4. The van der Waals surface area contributed by atoms with Gasteiger partial charge in [-0.3, -0.25) is 0 Å². The highest BCUT2D eigenvalue weighted by atomic mass is 32.1. The molecule has 0 fully saturated rings. The van der Waals surface area contributed by atoms with Crippen molar-refractivity contribution in [1.82, 2.24) is 0 Å². The second kappa shape index (κ2) is 6.63. The first-order chi connectivity index (χ1) is 9.99. The van der Waals surface area contributed by atoms with Gasteiger partial charge in [0.15, 0.2) is 0 Å². The Labute approximate surface area is 128 Å². The van der Waals surface area contributed by atoms with E-state index in [0.29, 0.717) is 18.7 Å². The first-order valence-corrected chi connectivity index (χ1v) is 7.00.